The highest BCUT2D eigenvalue weighted by atomic mass is 16.4. The van der Waals surface area contributed by atoms with Crippen molar-refractivity contribution in [3.63, 3.8) is 0 Å². The number of hydrogen-bond acceptors (Lipinski definition) is 4. The monoisotopic (exact) mass is 273 g/mol. The van der Waals surface area contributed by atoms with E-state index in [1.54, 1.807) is 6.26 Å². The summed E-state index contributed by atoms with van der Waals surface area (Å²) in [6.45, 7) is 4.78. The van der Waals surface area contributed by atoms with Crippen LogP contribution in [0.2, 0.25) is 0 Å². The molecule has 0 unspecified atom stereocenters. The Morgan fingerprint density at radius 3 is 2.85 bits per heavy atom. The largest absolute Gasteiger partial charge is 0.468 e. The van der Waals surface area contributed by atoms with Crippen LogP contribution in [0.15, 0.2) is 46.2 Å². The van der Waals surface area contributed by atoms with E-state index >= 15 is 0 Å². The maximum atomic E-state index is 8.67. The first-order valence-corrected chi connectivity index (χ1v) is 6.46. The molecule has 1 aromatic heterocycles. The van der Waals surface area contributed by atoms with Crippen molar-refractivity contribution in [2.24, 2.45) is 10.9 Å². The summed E-state index contributed by atoms with van der Waals surface area (Å²) in [6, 6.07) is 9.70. The van der Waals surface area contributed by atoms with Gasteiger partial charge in [0.25, 0.3) is 0 Å². The van der Waals surface area contributed by atoms with Gasteiger partial charge in [-0.1, -0.05) is 17.3 Å². The summed E-state index contributed by atoms with van der Waals surface area (Å²) in [7, 11) is 0. The first-order chi connectivity index (χ1) is 9.61. The van der Waals surface area contributed by atoms with Crippen LogP contribution in [0.5, 0.6) is 0 Å². The average molecular weight is 273 g/mol. The summed E-state index contributed by atoms with van der Waals surface area (Å²) in [4.78, 5) is 0. The number of amidine groups is 1. The molecule has 106 valence electrons. The summed E-state index contributed by atoms with van der Waals surface area (Å²) in [5, 5.41) is 15.1. The van der Waals surface area contributed by atoms with E-state index in [0.29, 0.717) is 5.56 Å². The lowest BCUT2D eigenvalue weighted by molar-refractivity contribution is 0.318. The first kappa shape index (κ1) is 14.1. The Labute approximate surface area is 118 Å². The number of nitrogens with one attached hydrogen (secondary N) is 1. The molecule has 2 rings (SSSR count). The number of benzene rings is 1. The second-order valence-electron chi connectivity index (χ2n) is 4.74. The zero-order valence-electron chi connectivity index (χ0n) is 11.6. The maximum Gasteiger partial charge on any atom is 0.170 e. The molecule has 5 nitrogen and oxygen atoms in total. The lowest BCUT2D eigenvalue weighted by Crippen LogP contribution is -2.19. The average Bonchev–Trinajstić information content (AvgIpc) is 2.99. The smallest absolute Gasteiger partial charge is 0.170 e. The number of nitrogens with zero attached hydrogens (tertiary/aromatic N) is 1. The second kappa shape index (κ2) is 6.25. The third-order valence-corrected chi connectivity index (χ3v) is 3.31. The van der Waals surface area contributed by atoms with Gasteiger partial charge >= 0.3 is 0 Å². The molecule has 4 N–H and O–H groups in total. The van der Waals surface area contributed by atoms with Gasteiger partial charge in [-0.05, 0) is 43.2 Å². The van der Waals surface area contributed by atoms with Crippen molar-refractivity contribution in [1.82, 2.24) is 5.32 Å². The number of nitrogens with two attached hydrogens (primary N) is 1. The lowest BCUT2D eigenvalue weighted by atomic mass is 10.0. The number of oxime groups is 1. The topological polar surface area (TPSA) is 83.8 Å². The first-order valence-electron chi connectivity index (χ1n) is 6.46. The number of hydrogen-bond donors (Lipinski definition) is 3. The predicted octanol–water partition coefficient (Wildman–Crippen LogP) is 2.53. The Bertz CT molecular complexity index is 591. The Balaban J connectivity index is 2.03. The van der Waals surface area contributed by atoms with Gasteiger partial charge in [-0.3, -0.25) is 0 Å². The Morgan fingerprint density at radius 1 is 1.45 bits per heavy atom. The van der Waals surface area contributed by atoms with E-state index in [1.807, 2.05) is 37.3 Å². The van der Waals surface area contributed by atoms with Gasteiger partial charge in [0.05, 0.1) is 12.3 Å². The summed E-state index contributed by atoms with van der Waals surface area (Å²) in [5.41, 5.74) is 8.54. The number of rotatable bonds is 5. The minimum absolute atomic E-state index is 0.122. The molecule has 0 saturated carbocycles. The maximum absolute atomic E-state index is 8.67. The van der Waals surface area contributed by atoms with E-state index in [4.69, 9.17) is 15.4 Å². The zero-order valence-corrected chi connectivity index (χ0v) is 11.6. The van der Waals surface area contributed by atoms with Gasteiger partial charge in [-0.25, -0.2) is 0 Å². The summed E-state index contributed by atoms with van der Waals surface area (Å²) < 4.78 is 5.36. The van der Waals surface area contributed by atoms with Crippen LogP contribution in [0.1, 0.15) is 35.4 Å². The molecular formula is C15H19N3O2. The highest BCUT2D eigenvalue weighted by Gasteiger charge is 2.09. The third-order valence-electron chi connectivity index (χ3n) is 3.31. The van der Waals surface area contributed by atoms with Crippen molar-refractivity contribution >= 4 is 5.84 Å². The van der Waals surface area contributed by atoms with Crippen molar-refractivity contribution in [3.8, 4) is 0 Å². The minimum Gasteiger partial charge on any atom is -0.468 e. The summed E-state index contributed by atoms with van der Waals surface area (Å²) >= 11 is 0. The molecule has 1 atom stereocenters. The van der Waals surface area contributed by atoms with Gasteiger partial charge in [-0.2, -0.15) is 0 Å². The van der Waals surface area contributed by atoms with Crippen LogP contribution < -0.4 is 11.1 Å². The van der Waals surface area contributed by atoms with E-state index in [0.717, 1.165) is 23.4 Å². The molecule has 0 spiro atoms. The highest BCUT2D eigenvalue weighted by molar-refractivity contribution is 5.97. The third kappa shape index (κ3) is 3.19. The van der Waals surface area contributed by atoms with Crippen molar-refractivity contribution in [2.45, 2.75) is 26.4 Å². The molecule has 1 aromatic carbocycles. The molecule has 0 aliphatic rings. The van der Waals surface area contributed by atoms with Crippen LogP contribution in [-0.4, -0.2) is 11.0 Å². The van der Waals surface area contributed by atoms with Crippen LogP contribution in [-0.2, 0) is 6.54 Å². The number of furan rings is 1. The van der Waals surface area contributed by atoms with Crippen LogP contribution in [0.4, 0.5) is 0 Å². The second-order valence-corrected chi connectivity index (χ2v) is 4.74. The molecule has 0 radical (unpaired) electrons. The molecule has 5 heteroatoms. The van der Waals surface area contributed by atoms with Gasteiger partial charge in [-0.15, -0.1) is 0 Å². The molecule has 20 heavy (non-hydrogen) atoms. The molecule has 2 aromatic rings. The van der Waals surface area contributed by atoms with Gasteiger partial charge in [0.2, 0.25) is 0 Å². The molecule has 0 bridgehead atoms. The Hall–Kier alpha value is -2.27. The van der Waals surface area contributed by atoms with Crippen LogP contribution >= 0.6 is 0 Å². The van der Waals surface area contributed by atoms with E-state index in [1.165, 1.54) is 0 Å². The minimum atomic E-state index is 0.122. The fraction of sp³-hybridized carbons (Fsp3) is 0.267. The quantitative estimate of drug-likeness (QED) is 0.338. The summed E-state index contributed by atoms with van der Waals surface area (Å²) in [6.07, 6.45) is 1.67. The van der Waals surface area contributed by atoms with Crippen molar-refractivity contribution in [3.05, 3.63) is 59.0 Å². The molecular weight excluding hydrogens is 254 g/mol. The predicted molar refractivity (Wildman–Crippen MR) is 77.7 cm³/mol. The van der Waals surface area contributed by atoms with Crippen molar-refractivity contribution < 1.29 is 9.62 Å². The molecule has 0 aliphatic carbocycles. The van der Waals surface area contributed by atoms with E-state index in [-0.39, 0.29) is 11.9 Å². The zero-order chi connectivity index (χ0) is 14.5. The van der Waals surface area contributed by atoms with Gasteiger partial charge in [0, 0.05) is 12.1 Å². The fourth-order valence-corrected chi connectivity index (χ4v) is 2.01. The SMILES string of the molecule is Cc1cc(/C(N)=N/O)ccc1CN[C@@H](C)c1ccco1. The van der Waals surface area contributed by atoms with Gasteiger partial charge < -0.3 is 20.7 Å². The lowest BCUT2D eigenvalue weighted by Gasteiger charge is -2.13. The van der Waals surface area contributed by atoms with Crippen LogP contribution in [0.25, 0.3) is 0 Å². The van der Waals surface area contributed by atoms with E-state index < -0.39 is 0 Å². The highest BCUT2D eigenvalue weighted by Crippen LogP contribution is 2.15. The standard InChI is InChI=1S/C15H19N3O2/c1-10-8-12(15(16)18-19)5-6-13(10)9-17-11(2)14-4-3-7-20-14/h3-8,11,17,19H,9H2,1-2H3,(H2,16,18)/t11-/m0/s1. The van der Waals surface area contributed by atoms with Gasteiger partial charge in [0.1, 0.15) is 5.76 Å². The Morgan fingerprint density at radius 2 is 2.25 bits per heavy atom. The molecule has 0 saturated heterocycles. The van der Waals surface area contributed by atoms with E-state index in [2.05, 4.69) is 17.4 Å². The fourth-order valence-electron chi connectivity index (χ4n) is 2.01. The molecule has 0 aliphatic heterocycles. The van der Waals surface area contributed by atoms with Gasteiger partial charge in [0.15, 0.2) is 5.84 Å². The van der Waals surface area contributed by atoms with Crippen molar-refractivity contribution in [1.29, 1.82) is 0 Å². The number of aryl methyl sites for hydroxylation is 1. The molecule has 1 heterocycles. The molecule has 0 amide bonds. The summed E-state index contributed by atoms with van der Waals surface area (Å²) in [5.74, 6) is 1.03. The van der Waals surface area contributed by atoms with E-state index in [9.17, 15) is 0 Å². The normalized spacial score (nSPS) is 13.4. The van der Waals surface area contributed by atoms with Crippen LogP contribution in [0.3, 0.4) is 0 Å². The molecule has 0 fully saturated rings. The van der Waals surface area contributed by atoms with Crippen molar-refractivity contribution in [2.75, 3.05) is 0 Å². The van der Waals surface area contributed by atoms with Crippen LogP contribution in [0, 0.1) is 6.92 Å². The Kier molecular flexibility index (Phi) is 4.42.